The van der Waals surface area contributed by atoms with Crippen molar-refractivity contribution in [1.82, 2.24) is 0 Å². The van der Waals surface area contributed by atoms with Gasteiger partial charge in [0.25, 0.3) is 0 Å². The molecule has 2 aromatic carbocycles. The Balaban J connectivity index is 0.00000180. The maximum Gasteiger partial charge on any atom is 1.00 e. The quantitative estimate of drug-likeness (QED) is 0.569. The van der Waals surface area contributed by atoms with Crippen molar-refractivity contribution >= 4 is 21.7 Å². The minimum absolute atomic E-state index is 0. The third-order valence-corrected chi connectivity index (χ3v) is 2.85. The van der Waals surface area contributed by atoms with Crippen molar-refractivity contribution in [2.75, 3.05) is 10.2 Å². The summed E-state index contributed by atoms with van der Waals surface area (Å²) in [5, 5.41) is 0. The van der Waals surface area contributed by atoms with Crippen LogP contribution in [0.5, 0.6) is 0 Å². The Kier molecular flexibility index (Phi) is 6.33. The molecule has 2 N–H and O–H groups in total. The third-order valence-electron chi connectivity index (χ3n) is 2.06. The summed E-state index contributed by atoms with van der Waals surface area (Å²) in [6, 6.07) is 17.2. The number of benzene rings is 2. The van der Waals surface area contributed by atoms with E-state index in [9.17, 15) is 8.42 Å². The third kappa shape index (κ3) is 5.63. The first kappa shape index (κ1) is 16.0. The monoisotopic (exact) mass is 287 g/mol. The molecule has 0 aromatic heterocycles. The fourth-order valence-corrected chi connectivity index (χ4v) is 1.95. The topological polar surface area (TPSA) is 67.4 Å². The molecule has 0 aliphatic carbocycles. The zero-order valence-electron chi connectivity index (χ0n) is 10.4. The van der Waals surface area contributed by atoms with E-state index in [4.69, 9.17) is 0 Å². The summed E-state index contributed by atoms with van der Waals surface area (Å²) in [5.41, 5.74) is 3.34. The molecule has 0 amide bonds. The standard InChI is InChI=1S/C12H12N2O3S.Na/c15-18(16,14-12-9-5-2-6-10-12)17-13-11-7-3-1-4-8-11;/h1-10,13-14H;/q;+1. The molecule has 0 aliphatic heterocycles. The summed E-state index contributed by atoms with van der Waals surface area (Å²) in [7, 11) is -3.89. The van der Waals surface area contributed by atoms with Crippen LogP contribution in [0.3, 0.4) is 0 Å². The van der Waals surface area contributed by atoms with Crippen LogP contribution in [-0.2, 0) is 14.6 Å². The molecule has 19 heavy (non-hydrogen) atoms. The van der Waals surface area contributed by atoms with E-state index < -0.39 is 10.3 Å². The minimum atomic E-state index is -3.89. The summed E-state index contributed by atoms with van der Waals surface area (Å²) in [5.74, 6) is 0. The average Bonchev–Trinajstić information content (AvgIpc) is 2.38. The van der Waals surface area contributed by atoms with Crippen molar-refractivity contribution < 1.29 is 42.3 Å². The predicted octanol–water partition coefficient (Wildman–Crippen LogP) is -0.609. The van der Waals surface area contributed by atoms with Crippen molar-refractivity contribution in [1.29, 1.82) is 0 Å². The molecule has 0 fully saturated rings. The summed E-state index contributed by atoms with van der Waals surface area (Å²) in [6.07, 6.45) is 0. The summed E-state index contributed by atoms with van der Waals surface area (Å²) >= 11 is 0. The van der Waals surface area contributed by atoms with Crippen LogP contribution in [0.4, 0.5) is 11.4 Å². The van der Waals surface area contributed by atoms with E-state index in [1.165, 1.54) is 0 Å². The van der Waals surface area contributed by atoms with Crippen molar-refractivity contribution in [3.05, 3.63) is 60.7 Å². The summed E-state index contributed by atoms with van der Waals surface area (Å²) in [6.45, 7) is 0. The predicted molar refractivity (Wildman–Crippen MR) is 70.1 cm³/mol. The van der Waals surface area contributed by atoms with Crippen molar-refractivity contribution in [2.24, 2.45) is 0 Å². The SMILES string of the molecule is O=S(=O)(Nc1ccccc1)ONc1ccccc1.[Na+]. The van der Waals surface area contributed by atoms with Gasteiger partial charge in [-0.05, 0) is 24.3 Å². The fourth-order valence-electron chi connectivity index (χ4n) is 1.28. The molecule has 0 heterocycles. The number of nitrogens with one attached hydrogen (secondary N) is 2. The van der Waals surface area contributed by atoms with Gasteiger partial charge in [-0.3, -0.25) is 4.72 Å². The molecule has 0 unspecified atom stereocenters. The first-order chi connectivity index (χ1) is 8.66. The number of anilines is 2. The van der Waals surface area contributed by atoms with Gasteiger partial charge in [-0.1, -0.05) is 36.4 Å². The van der Waals surface area contributed by atoms with Crippen LogP contribution < -0.4 is 39.8 Å². The average molecular weight is 287 g/mol. The van der Waals surface area contributed by atoms with E-state index in [0.717, 1.165) is 0 Å². The van der Waals surface area contributed by atoms with Gasteiger partial charge in [-0.2, -0.15) is 8.42 Å². The molecule has 94 valence electrons. The van der Waals surface area contributed by atoms with Gasteiger partial charge in [0, 0.05) is 0 Å². The Labute approximate surface area is 134 Å². The molecule has 0 atom stereocenters. The van der Waals surface area contributed by atoms with E-state index in [0.29, 0.717) is 11.4 Å². The molecule has 2 aromatic rings. The Morgan fingerprint density at radius 3 is 1.79 bits per heavy atom. The Morgan fingerprint density at radius 2 is 1.26 bits per heavy atom. The molecular formula is C12H12N2NaO3S+. The molecule has 0 saturated heterocycles. The van der Waals surface area contributed by atoms with Gasteiger partial charge >= 0.3 is 39.9 Å². The van der Waals surface area contributed by atoms with Crippen LogP contribution >= 0.6 is 0 Å². The van der Waals surface area contributed by atoms with E-state index >= 15 is 0 Å². The number of hydrogen-bond acceptors (Lipinski definition) is 4. The van der Waals surface area contributed by atoms with Gasteiger partial charge in [-0.25, -0.2) is 5.48 Å². The Bertz CT molecular complexity index is 591. The molecule has 0 bridgehead atoms. The molecule has 0 aliphatic rings. The number of para-hydroxylation sites is 2. The van der Waals surface area contributed by atoms with E-state index in [1.54, 1.807) is 54.6 Å². The van der Waals surface area contributed by atoms with E-state index in [2.05, 4.69) is 14.5 Å². The summed E-state index contributed by atoms with van der Waals surface area (Å²) in [4.78, 5) is 0. The van der Waals surface area contributed by atoms with Crippen LogP contribution in [0.2, 0.25) is 0 Å². The molecular weight excluding hydrogens is 275 g/mol. The van der Waals surface area contributed by atoms with Crippen LogP contribution in [0.15, 0.2) is 60.7 Å². The molecule has 0 radical (unpaired) electrons. The molecule has 2 rings (SSSR count). The zero-order chi connectivity index (χ0) is 12.8. The van der Waals surface area contributed by atoms with Crippen LogP contribution in [-0.4, -0.2) is 8.42 Å². The van der Waals surface area contributed by atoms with E-state index in [1.807, 2.05) is 6.07 Å². The molecule has 5 nitrogen and oxygen atoms in total. The van der Waals surface area contributed by atoms with Gasteiger partial charge in [0.15, 0.2) is 0 Å². The van der Waals surface area contributed by atoms with Crippen molar-refractivity contribution in [3.63, 3.8) is 0 Å². The normalized spacial score (nSPS) is 10.3. The Morgan fingerprint density at radius 1 is 0.789 bits per heavy atom. The second kappa shape index (κ2) is 7.52. The van der Waals surface area contributed by atoms with Crippen LogP contribution in [0.1, 0.15) is 0 Å². The number of rotatable bonds is 5. The molecule has 7 heteroatoms. The molecule has 0 saturated carbocycles. The Hall–Kier alpha value is -1.05. The molecule has 0 spiro atoms. The zero-order valence-corrected chi connectivity index (χ0v) is 13.2. The van der Waals surface area contributed by atoms with Gasteiger partial charge in [0.2, 0.25) is 0 Å². The minimum Gasteiger partial charge on any atom is -0.259 e. The smallest absolute Gasteiger partial charge is 0.259 e. The van der Waals surface area contributed by atoms with Crippen LogP contribution in [0, 0.1) is 0 Å². The fraction of sp³-hybridized carbons (Fsp3) is 0. The number of hydrogen-bond donors (Lipinski definition) is 2. The van der Waals surface area contributed by atoms with Crippen LogP contribution in [0.25, 0.3) is 0 Å². The second-order valence-corrected chi connectivity index (χ2v) is 4.75. The second-order valence-electron chi connectivity index (χ2n) is 3.47. The summed E-state index contributed by atoms with van der Waals surface area (Å²) < 4.78 is 30.1. The maximum absolute atomic E-state index is 11.6. The van der Waals surface area contributed by atoms with E-state index in [-0.39, 0.29) is 29.6 Å². The first-order valence-corrected chi connectivity index (χ1v) is 6.64. The van der Waals surface area contributed by atoms with Crippen molar-refractivity contribution in [3.8, 4) is 0 Å². The van der Waals surface area contributed by atoms with Gasteiger partial charge in [0.05, 0.1) is 11.4 Å². The first-order valence-electron chi connectivity index (χ1n) is 5.23. The maximum atomic E-state index is 11.6. The van der Waals surface area contributed by atoms with Gasteiger partial charge in [0.1, 0.15) is 0 Å². The van der Waals surface area contributed by atoms with Gasteiger partial charge < -0.3 is 0 Å². The van der Waals surface area contributed by atoms with Crippen molar-refractivity contribution in [2.45, 2.75) is 0 Å². The van der Waals surface area contributed by atoms with Gasteiger partial charge in [-0.15, -0.1) is 4.28 Å². The largest absolute Gasteiger partial charge is 1.00 e.